The summed E-state index contributed by atoms with van der Waals surface area (Å²) in [5, 5.41) is 0. The molecule has 0 heterocycles. The summed E-state index contributed by atoms with van der Waals surface area (Å²) in [4.78, 5) is 11.6. The van der Waals surface area contributed by atoms with Crippen molar-refractivity contribution in [2.45, 2.75) is 25.4 Å². The van der Waals surface area contributed by atoms with Crippen LogP contribution in [0.1, 0.15) is 29.6 Å². The van der Waals surface area contributed by atoms with Crippen molar-refractivity contribution < 1.29 is 9.53 Å². The first-order chi connectivity index (χ1) is 7.29. The number of ketones is 1. The number of hydrogen-bond donors (Lipinski definition) is 0. The minimum Gasteiger partial charge on any atom is -0.490 e. The van der Waals surface area contributed by atoms with Gasteiger partial charge in [-0.1, -0.05) is 18.2 Å². The van der Waals surface area contributed by atoms with E-state index in [1.807, 2.05) is 24.3 Å². The highest BCUT2D eigenvalue weighted by molar-refractivity contribution is 5.97. The molecule has 1 fully saturated rings. The first-order valence-corrected chi connectivity index (χ1v) is 5.20. The van der Waals surface area contributed by atoms with Gasteiger partial charge < -0.3 is 4.74 Å². The van der Waals surface area contributed by atoms with Crippen molar-refractivity contribution >= 4 is 5.78 Å². The Kier molecular flexibility index (Phi) is 2.86. The molecule has 78 valence electrons. The third kappa shape index (κ3) is 2.69. The second-order valence-corrected chi connectivity index (χ2v) is 3.76. The highest BCUT2D eigenvalue weighted by Crippen LogP contribution is 2.27. The van der Waals surface area contributed by atoms with Gasteiger partial charge in [-0.15, -0.1) is 6.58 Å². The van der Waals surface area contributed by atoms with Crippen LogP contribution in [0.3, 0.4) is 0 Å². The number of rotatable bonds is 5. The standard InChI is InChI=1S/C13H14O2/c1-2-4-13(14)10-5-3-6-12(9-10)15-11-7-8-11/h2-3,5-6,9,11H,1,4,7-8H2. The Morgan fingerprint density at radius 1 is 1.53 bits per heavy atom. The summed E-state index contributed by atoms with van der Waals surface area (Å²) < 4.78 is 5.62. The molecular formula is C13H14O2. The van der Waals surface area contributed by atoms with Crippen LogP contribution in [-0.4, -0.2) is 11.9 Å². The molecule has 0 bridgehead atoms. The maximum absolute atomic E-state index is 11.6. The molecule has 1 aliphatic carbocycles. The van der Waals surface area contributed by atoms with Gasteiger partial charge in [-0.25, -0.2) is 0 Å². The van der Waals surface area contributed by atoms with E-state index in [-0.39, 0.29) is 5.78 Å². The van der Waals surface area contributed by atoms with Gasteiger partial charge in [0.05, 0.1) is 6.10 Å². The van der Waals surface area contributed by atoms with Crippen molar-refractivity contribution in [3.63, 3.8) is 0 Å². The van der Waals surface area contributed by atoms with E-state index in [1.165, 1.54) is 0 Å². The van der Waals surface area contributed by atoms with Crippen LogP contribution in [0.25, 0.3) is 0 Å². The lowest BCUT2D eigenvalue weighted by Gasteiger charge is -2.05. The molecular weight excluding hydrogens is 188 g/mol. The van der Waals surface area contributed by atoms with E-state index in [0.29, 0.717) is 18.1 Å². The smallest absolute Gasteiger partial charge is 0.166 e. The van der Waals surface area contributed by atoms with Gasteiger partial charge in [0.1, 0.15) is 5.75 Å². The summed E-state index contributed by atoms with van der Waals surface area (Å²) in [6.45, 7) is 3.55. The van der Waals surface area contributed by atoms with Gasteiger partial charge in [0.15, 0.2) is 5.78 Å². The van der Waals surface area contributed by atoms with Crippen molar-refractivity contribution in [1.29, 1.82) is 0 Å². The van der Waals surface area contributed by atoms with Gasteiger partial charge in [0, 0.05) is 12.0 Å². The second-order valence-electron chi connectivity index (χ2n) is 3.76. The summed E-state index contributed by atoms with van der Waals surface area (Å²) in [6, 6.07) is 7.37. The number of carbonyl (C=O) groups excluding carboxylic acids is 1. The minimum atomic E-state index is 0.0891. The lowest BCUT2D eigenvalue weighted by Crippen LogP contribution is -2.00. The quantitative estimate of drug-likeness (QED) is 0.542. The molecule has 2 nitrogen and oxygen atoms in total. The Bertz CT molecular complexity index is 378. The Hall–Kier alpha value is -1.57. The highest BCUT2D eigenvalue weighted by atomic mass is 16.5. The molecule has 0 aromatic heterocycles. The lowest BCUT2D eigenvalue weighted by molar-refractivity contribution is 0.0995. The van der Waals surface area contributed by atoms with E-state index in [4.69, 9.17) is 4.74 Å². The number of benzene rings is 1. The molecule has 0 N–H and O–H groups in total. The Morgan fingerprint density at radius 3 is 3.00 bits per heavy atom. The predicted octanol–water partition coefficient (Wildman–Crippen LogP) is 2.99. The number of allylic oxidation sites excluding steroid dienone is 1. The Balaban J connectivity index is 2.09. The third-order valence-corrected chi connectivity index (χ3v) is 2.31. The molecule has 2 rings (SSSR count). The maximum atomic E-state index is 11.6. The number of hydrogen-bond acceptors (Lipinski definition) is 2. The SMILES string of the molecule is C=CCC(=O)c1cccc(OC2CC2)c1. The summed E-state index contributed by atoms with van der Waals surface area (Å²) in [7, 11) is 0. The minimum absolute atomic E-state index is 0.0891. The normalized spacial score (nSPS) is 14.7. The van der Waals surface area contributed by atoms with Gasteiger partial charge in [0.25, 0.3) is 0 Å². The predicted molar refractivity (Wildman–Crippen MR) is 59.2 cm³/mol. The molecule has 0 amide bonds. The fraction of sp³-hybridized carbons (Fsp3) is 0.308. The zero-order valence-corrected chi connectivity index (χ0v) is 8.61. The van der Waals surface area contributed by atoms with Crippen molar-refractivity contribution in [3.8, 4) is 5.75 Å². The van der Waals surface area contributed by atoms with E-state index in [0.717, 1.165) is 18.6 Å². The first-order valence-electron chi connectivity index (χ1n) is 5.20. The van der Waals surface area contributed by atoms with Crippen molar-refractivity contribution in [2.24, 2.45) is 0 Å². The molecule has 1 saturated carbocycles. The van der Waals surface area contributed by atoms with Crippen LogP contribution in [0.15, 0.2) is 36.9 Å². The van der Waals surface area contributed by atoms with Crippen LogP contribution >= 0.6 is 0 Å². The third-order valence-electron chi connectivity index (χ3n) is 2.31. The second kappa shape index (κ2) is 4.30. The van der Waals surface area contributed by atoms with E-state index in [1.54, 1.807) is 6.08 Å². The molecule has 2 heteroatoms. The Labute approximate surface area is 89.6 Å². The zero-order valence-electron chi connectivity index (χ0n) is 8.61. The van der Waals surface area contributed by atoms with Crippen LogP contribution in [-0.2, 0) is 0 Å². The van der Waals surface area contributed by atoms with E-state index in [2.05, 4.69) is 6.58 Å². The number of ether oxygens (including phenoxy) is 1. The Morgan fingerprint density at radius 2 is 2.33 bits per heavy atom. The average molecular weight is 202 g/mol. The molecule has 0 aliphatic heterocycles. The summed E-state index contributed by atoms with van der Waals surface area (Å²) in [6.07, 6.45) is 4.63. The van der Waals surface area contributed by atoms with Crippen LogP contribution in [0, 0.1) is 0 Å². The molecule has 0 spiro atoms. The van der Waals surface area contributed by atoms with E-state index < -0.39 is 0 Å². The zero-order chi connectivity index (χ0) is 10.7. The molecule has 1 aromatic carbocycles. The first kappa shape index (κ1) is 9.97. The fourth-order valence-corrected chi connectivity index (χ4v) is 1.37. The molecule has 0 atom stereocenters. The van der Waals surface area contributed by atoms with Crippen LogP contribution in [0.5, 0.6) is 5.75 Å². The molecule has 1 aromatic rings. The van der Waals surface area contributed by atoms with E-state index >= 15 is 0 Å². The molecule has 1 aliphatic rings. The fourth-order valence-electron chi connectivity index (χ4n) is 1.37. The van der Waals surface area contributed by atoms with Gasteiger partial charge in [-0.3, -0.25) is 4.79 Å². The molecule has 0 saturated heterocycles. The monoisotopic (exact) mass is 202 g/mol. The van der Waals surface area contributed by atoms with Crippen molar-refractivity contribution in [3.05, 3.63) is 42.5 Å². The molecule has 15 heavy (non-hydrogen) atoms. The van der Waals surface area contributed by atoms with Gasteiger partial charge in [0.2, 0.25) is 0 Å². The maximum Gasteiger partial charge on any atom is 0.166 e. The largest absolute Gasteiger partial charge is 0.490 e. The average Bonchev–Trinajstić information content (AvgIpc) is 3.03. The topological polar surface area (TPSA) is 26.3 Å². The van der Waals surface area contributed by atoms with Crippen LogP contribution in [0.4, 0.5) is 0 Å². The molecule has 0 unspecified atom stereocenters. The van der Waals surface area contributed by atoms with E-state index in [9.17, 15) is 4.79 Å². The van der Waals surface area contributed by atoms with Crippen molar-refractivity contribution in [1.82, 2.24) is 0 Å². The summed E-state index contributed by atoms with van der Waals surface area (Å²) in [5.41, 5.74) is 0.702. The summed E-state index contributed by atoms with van der Waals surface area (Å²) in [5.74, 6) is 0.888. The highest BCUT2D eigenvalue weighted by Gasteiger charge is 2.23. The van der Waals surface area contributed by atoms with Crippen LogP contribution < -0.4 is 4.74 Å². The van der Waals surface area contributed by atoms with Gasteiger partial charge in [-0.2, -0.15) is 0 Å². The lowest BCUT2D eigenvalue weighted by atomic mass is 10.1. The summed E-state index contributed by atoms with van der Waals surface area (Å²) >= 11 is 0. The number of Topliss-reactive ketones (excluding diaryl/α,β-unsaturated/α-hetero) is 1. The number of carbonyl (C=O) groups is 1. The van der Waals surface area contributed by atoms with Crippen LogP contribution in [0.2, 0.25) is 0 Å². The van der Waals surface area contributed by atoms with Crippen molar-refractivity contribution in [2.75, 3.05) is 0 Å². The van der Waals surface area contributed by atoms with Gasteiger partial charge >= 0.3 is 0 Å². The molecule has 0 radical (unpaired) electrons. The van der Waals surface area contributed by atoms with Gasteiger partial charge in [-0.05, 0) is 25.0 Å².